The first-order valence-corrected chi connectivity index (χ1v) is 9.30. The normalized spacial score (nSPS) is 13.7. The zero-order valence-corrected chi connectivity index (χ0v) is 17.1. The molecular formula is C21H32N2O4. The lowest BCUT2D eigenvalue weighted by molar-refractivity contribution is -0.142. The van der Waals surface area contributed by atoms with E-state index < -0.39 is 29.4 Å². The predicted octanol–water partition coefficient (Wildman–Crippen LogP) is 3.20. The van der Waals surface area contributed by atoms with Gasteiger partial charge >= 0.3 is 5.97 Å². The molecule has 1 aromatic carbocycles. The van der Waals surface area contributed by atoms with Gasteiger partial charge in [-0.3, -0.25) is 14.4 Å². The Labute approximate surface area is 161 Å². The number of rotatable bonds is 8. The summed E-state index contributed by atoms with van der Waals surface area (Å²) < 4.78 is 0. The van der Waals surface area contributed by atoms with Crippen molar-refractivity contribution in [2.45, 2.75) is 66.0 Å². The SMILES string of the molecule is Cc1ccc(C(NC(=O)[C@@H](CC(=O)O)CC(C)C)C(=O)NC(C)(C)C)cc1. The third-order valence-electron chi connectivity index (χ3n) is 4.01. The van der Waals surface area contributed by atoms with Gasteiger partial charge in [0, 0.05) is 11.5 Å². The fraction of sp³-hybridized carbons (Fsp3) is 0.571. The van der Waals surface area contributed by atoms with Crippen molar-refractivity contribution in [2.24, 2.45) is 11.8 Å². The van der Waals surface area contributed by atoms with E-state index in [1.807, 2.05) is 53.7 Å². The molecule has 3 N–H and O–H groups in total. The van der Waals surface area contributed by atoms with Gasteiger partial charge in [-0.05, 0) is 45.6 Å². The van der Waals surface area contributed by atoms with Gasteiger partial charge in [-0.1, -0.05) is 43.7 Å². The molecule has 2 amide bonds. The van der Waals surface area contributed by atoms with E-state index in [0.717, 1.165) is 5.56 Å². The number of aryl methyl sites for hydroxylation is 1. The minimum Gasteiger partial charge on any atom is -0.481 e. The molecular weight excluding hydrogens is 344 g/mol. The molecule has 0 aliphatic carbocycles. The maximum Gasteiger partial charge on any atom is 0.304 e. The molecule has 0 aliphatic rings. The summed E-state index contributed by atoms with van der Waals surface area (Å²) in [5.74, 6) is -2.28. The smallest absolute Gasteiger partial charge is 0.304 e. The van der Waals surface area contributed by atoms with Gasteiger partial charge in [0.2, 0.25) is 11.8 Å². The zero-order valence-electron chi connectivity index (χ0n) is 17.1. The first-order valence-electron chi connectivity index (χ1n) is 9.30. The van der Waals surface area contributed by atoms with Crippen molar-refractivity contribution in [2.75, 3.05) is 0 Å². The van der Waals surface area contributed by atoms with Crippen LogP contribution >= 0.6 is 0 Å². The van der Waals surface area contributed by atoms with E-state index in [1.54, 1.807) is 12.1 Å². The minimum absolute atomic E-state index is 0.168. The number of amides is 2. The Morgan fingerprint density at radius 3 is 2.04 bits per heavy atom. The van der Waals surface area contributed by atoms with Crippen LogP contribution in [0.1, 0.15) is 64.6 Å². The topological polar surface area (TPSA) is 95.5 Å². The van der Waals surface area contributed by atoms with Crippen molar-refractivity contribution in [3.63, 3.8) is 0 Å². The molecule has 0 heterocycles. The quantitative estimate of drug-likeness (QED) is 0.649. The Kier molecular flexibility index (Phi) is 8.00. The molecule has 27 heavy (non-hydrogen) atoms. The second kappa shape index (κ2) is 9.53. The van der Waals surface area contributed by atoms with Crippen LogP contribution in [0.3, 0.4) is 0 Å². The molecule has 6 heteroatoms. The summed E-state index contributed by atoms with van der Waals surface area (Å²) >= 11 is 0. The highest BCUT2D eigenvalue weighted by molar-refractivity contribution is 5.91. The third kappa shape index (κ3) is 8.24. The molecule has 0 aliphatic heterocycles. The lowest BCUT2D eigenvalue weighted by atomic mass is 9.92. The molecule has 6 nitrogen and oxygen atoms in total. The molecule has 0 saturated heterocycles. The molecule has 2 atom stereocenters. The van der Waals surface area contributed by atoms with Crippen molar-refractivity contribution in [1.29, 1.82) is 0 Å². The summed E-state index contributed by atoms with van der Waals surface area (Å²) in [7, 11) is 0. The van der Waals surface area contributed by atoms with Crippen LogP contribution < -0.4 is 10.6 Å². The predicted molar refractivity (Wildman–Crippen MR) is 105 cm³/mol. The Hall–Kier alpha value is -2.37. The Balaban J connectivity index is 3.10. The average molecular weight is 376 g/mol. The van der Waals surface area contributed by atoms with E-state index in [2.05, 4.69) is 10.6 Å². The Morgan fingerprint density at radius 1 is 1.04 bits per heavy atom. The van der Waals surface area contributed by atoms with E-state index in [1.165, 1.54) is 0 Å². The number of carbonyl (C=O) groups is 3. The van der Waals surface area contributed by atoms with Crippen LogP contribution in [0.4, 0.5) is 0 Å². The number of carboxylic acid groups (broad SMARTS) is 1. The monoisotopic (exact) mass is 376 g/mol. The van der Waals surface area contributed by atoms with Crippen molar-refractivity contribution in [1.82, 2.24) is 10.6 Å². The van der Waals surface area contributed by atoms with Crippen LogP contribution in [0, 0.1) is 18.8 Å². The average Bonchev–Trinajstić information content (AvgIpc) is 2.50. The molecule has 0 radical (unpaired) electrons. The zero-order chi connectivity index (χ0) is 20.8. The van der Waals surface area contributed by atoms with Crippen LogP contribution in [0.15, 0.2) is 24.3 Å². The van der Waals surface area contributed by atoms with E-state index in [4.69, 9.17) is 5.11 Å². The van der Waals surface area contributed by atoms with Crippen molar-refractivity contribution < 1.29 is 19.5 Å². The van der Waals surface area contributed by atoms with Gasteiger partial charge < -0.3 is 15.7 Å². The highest BCUT2D eigenvalue weighted by atomic mass is 16.4. The molecule has 150 valence electrons. The summed E-state index contributed by atoms with van der Waals surface area (Å²) in [6.07, 6.45) is 0.186. The highest BCUT2D eigenvalue weighted by Crippen LogP contribution is 2.20. The van der Waals surface area contributed by atoms with Gasteiger partial charge in [0.25, 0.3) is 0 Å². The summed E-state index contributed by atoms with van der Waals surface area (Å²) in [6.45, 7) is 11.4. The number of hydrogen-bond donors (Lipinski definition) is 3. The second-order valence-corrected chi connectivity index (χ2v) is 8.52. The fourth-order valence-corrected chi connectivity index (χ4v) is 2.82. The van der Waals surface area contributed by atoms with Crippen molar-refractivity contribution in [3.8, 4) is 0 Å². The molecule has 1 unspecified atom stereocenters. The molecule has 0 fully saturated rings. The van der Waals surface area contributed by atoms with Crippen LogP contribution in [-0.2, 0) is 14.4 Å². The first-order chi connectivity index (χ1) is 12.4. The Bertz CT molecular complexity index is 660. The maximum atomic E-state index is 12.8. The summed E-state index contributed by atoms with van der Waals surface area (Å²) in [4.78, 5) is 36.7. The van der Waals surface area contributed by atoms with Crippen LogP contribution in [0.5, 0.6) is 0 Å². The van der Waals surface area contributed by atoms with Crippen molar-refractivity contribution >= 4 is 17.8 Å². The minimum atomic E-state index is -1.03. The van der Waals surface area contributed by atoms with Gasteiger partial charge in [-0.15, -0.1) is 0 Å². The van der Waals surface area contributed by atoms with E-state index in [9.17, 15) is 14.4 Å². The number of nitrogens with one attached hydrogen (secondary N) is 2. The lowest BCUT2D eigenvalue weighted by Gasteiger charge is -2.27. The number of carboxylic acids is 1. The van der Waals surface area contributed by atoms with Crippen molar-refractivity contribution in [3.05, 3.63) is 35.4 Å². The van der Waals surface area contributed by atoms with Crippen LogP contribution in [0.2, 0.25) is 0 Å². The van der Waals surface area contributed by atoms with E-state index in [0.29, 0.717) is 12.0 Å². The van der Waals surface area contributed by atoms with Gasteiger partial charge in [-0.25, -0.2) is 0 Å². The molecule has 0 spiro atoms. The van der Waals surface area contributed by atoms with E-state index >= 15 is 0 Å². The first kappa shape index (κ1) is 22.7. The van der Waals surface area contributed by atoms with Crippen LogP contribution in [0.25, 0.3) is 0 Å². The molecule has 0 bridgehead atoms. The molecule has 1 aromatic rings. The standard InChI is InChI=1S/C21H32N2O4/c1-13(2)11-16(12-17(24)25)19(26)22-18(20(27)23-21(4,5)6)15-9-7-14(3)8-10-15/h7-10,13,16,18H,11-12H2,1-6H3,(H,22,26)(H,23,27)(H,24,25)/t16-,18?/m1/s1. The summed E-state index contributed by atoms with van der Waals surface area (Å²) in [6, 6.07) is 6.48. The number of carbonyl (C=O) groups excluding carboxylic acids is 2. The largest absolute Gasteiger partial charge is 0.481 e. The third-order valence-corrected chi connectivity index (χ3v) is 4.01. The Morgan fingerprint density at radius 2 is 1.59 bits per heavy atom. The fourth-order valence-electron chi connectivity index (χ4n) is 2.82. The number of hydrogen-bond acceptors (Lipinski definition) is 3. The second-order valence-electron chi connectivity index (χ2n) is 8.52. The van der Waals surface area contributed by atoms with Crippen LogP contribution in [-0.4, -0.2) is 28.4 Å². The number of benzene rings is 1. The summed E-state index contributed by atoms with van der Waals surface area (Å²) in [5.41, 5.74) is 1.25. The van der Waals surface area contributed by atoms with E-state index in [-0.39, 0.29) is 18.2 Å². The maximum absolute atomic E-state index is 12.8. The summed E-state index contributed by atoms with van der Waals surface area (Å²) in [5, 5.41) is 14.8. The molecule has 0 saturated carbocycles. The van der Waals surface area contributed by atoms with Gasteiger partial charge in [0.05, 0.1) is 6.42 Å². The number of aliphatic carboxylic acids is 1. The highest BCUT2D eigenvalue weighted by Gasteiger charge is 2.30. The van der Waals surface area contributed by atoms with Gasteiger partial charge in [0.15, 0.2) is 0 Å². The molecule has 0 aromatic heterocycles. The lowest BCUT2D eigenvalue weighted by Crippen LogP contribution is -2.48. The van der Waals surface area contributed by atoms with Gasteiger partial charge in [-0.2, -0.15) is 0 Å². The molecule has 1 rings (SSSR count). The van der Waals surface area contributed by atoms with Gasteiger partial charge in [0.1, 0.15) is 6.04 Å².